The van der Waals surface area contributed by atoms with Crippen molar-refractivity contribution in [1.82, 2.24) is 9.71 Å². The van der Waals surface area contributed by atoms with Crippen LogP contribution in [0.2, 0.25) is 5.02 Å². The molecule has 0 saturated heterocycles. The molecule has 0 unspecified atom stereocenters. The topological polar surface area (TPSA) is 96.4 Å². The van der Waals surface area contributed by atoms with Crippen LogP contribution < -0.4 is 4.72 Å². The number of aromatic nitrogens is 1. The number of sulfonamides is 1. The van der Waals surface area contributed by atoms with Gasteiger partial charge in [0.2, 0.25) is 10.0 Å². The van der Waals surface area contributed by atoms with Crippen LogP contribution in [0.5, 0.6) is 0 Å². The third kappa shape index (κ3) is 3.59. The van der Waals surface area contributed by atoms with Crippen LogP contribution in [0.3, 0.4) is 0 Å². The van der Waals surface area contributed by atoms with Crippen LogP contribution in [0.4, 0.5) is 0 Å². The molecule has 0 aliphatic heterocycles. The summed E-state index contributed by atoms with van der Waals surface area (Å²) in [5.41, 5.74) is 2.13. The summed E-state index contributed by atoms with van der Waals surface area (Å²) < 4.78 is 26.7. The summed E-state index contributed by atoms with van der Waals surface area (Å²) in [5.74, 6) is -1.28. The van der Waals surface area contributed by atoms with Crippen molar-refractivity contribution in [3.05, 3.63) is 44.9 Å². The average molecular weight is 347 g/mol. The van der Waals surface area contributed by atoms with Crippen molar-refractivity contribution in [3.63, 3.8) is 0 Å². The fraction of sp³-hybridized carbons (Fsp3) is 0.167. The van der Waals surface area contributed by atoms with E-state index in [1.807, 2.05) is 0 Å². The second kappa shape index (κ2) is 6.10. The zero-order valence-electron chi connectivity index (χ0n) is 10.8. The summed E-state index contributed by atoms with van der Waals surface area (Å²) in [5, 5.41) is 8.95. The Balaban J connectivity index is 2.26. The number of aromatic carboxylic acids is 1. The first-order chi connectivity index (χ1) is 9.81. The Morgan fingerprint density at radius 2 is 2.19 bits per heavy atom. The lowest BCUT2D eigenvalue weighted by Crippen LogP contribution is -2.23. The van der Waals surface area contributed by atoms with E-state index in [9.17, 15) is 13.2 Å². The van der Waals surface area contributed by atoms with Crippen LogP contribution in [0, 0.1) is 6.92 Å². The van der Waals surface area contributed by atoms with Gasteiger partial charge >= 0.3 is 5.97 Å². The SMILES string of the molecule is Cc1ncsc1CNS(=O)(=O)c1ccc(Cl)c(C(=O)O)c1. The lowest BCUT2D eigenvalue weighted by molar-refractivity contribution is 0.0697. The van der Waals surface area contributed by atoms with Gasteiger partial charge in [0, 0.05) is 11.4 Å². The molecule has 2 aromatic rings. The number of carboxylic acid groups (broad SMARTS) is 1. The molecule has 0 aliphatic carbocycles. The lowest BCUT2D eigenvalue weighted by Gasteiger charge is -2.07. The number of benzene rings is 1. The zero-order chi connectivity index (χ0) is 15.6. The maximum absolute atomic E-state index is 12.2. The highest BCUT2D eigenvalue weighted by Crippen LogP contribution is 2.21. The summed E-state index contributed by atoms with van der Waals surface area (Å²) >= 11 is 7.06. The van der Waals surface area contributed by atoms with Crippen LogP contribution in [0.1, 0.15) is 20.9 Å². The Hall–Kier alpha value is -1.48. The first-order valence-corrected chi connectivity index (χ1v) is 8.47. The van der Waals surface area contributed by atoms with E-state index >= 15 is 0 Å². The highest BCUT2D eigenvalue weighted by molar-refractivity contribution is 7.89. The van der Waals surface area contributed by atoms with Gasteiger partial charge in [-0.15, -0.1) is 11.3 Å². The van der Waals surface area contributed by atoms with E-state index in [4.69, 9.17) is 16.7 Å². The number of halogens is 1. The highest BCUT2D eigenvalue weighted by atomic mass is 35.5. The number of hydrogen-bond acceptors (Lipinski definition) is 5. The molecule has 0 fully saturated rings. The van der Waals surface area contributed by atoms with E-state index in [1.54, 1.807) is 12.4 Å². The van der Waals surface area contributed by atoms with E-state index < -0.39 is 16.0 Å². The molecule has 0 atom stereocenters. The smallest absolute Gasteiger partial charge is 0.337 e. The molecule has 1 aromatic carbocycles. The Bertz CT molecular complexity index is 786. The van der Waals surface area contributed by atoms with E-state index in [2.05, 4.69) is 9.71 Å². The van der Waals surface area contributed by atoms with Crippen molar-refractivity contribution >= 4 is 38.9 Å². The van der Waals surface area contributed by atoms with Gasteiger partial charge in [-0.3, -0.25) is 0 Å². The minimum absolute atomic E-state index is 0.0141. The Morgan fingerprint density at radius 3 is 2.76 bits per heavy atom. The van der Waals surface area contributed by atoms with Gasteiger partial charge in [0.05, 0.1) is 26.7 Å². The van der Waals surface area contributed by atoms with E-state index in [1.165, 1.54) is 23.5 Å². The summed E-state index contributed by atoms with van der Waals surface area (Å²) in [6.07, 6.45) is 0. The van der Waals surface area contributed by atoms with Gasteiger partial charge in [0.1, 0.15) is 0 Å². The Kier molecular flexibility index (Phi) is 4.62. The second-order valence-corrected chi connectivity index (χ2v) is 7.25. The van der Waals surface area contributed by atoms with E-state index in [-0.39, 0.29) is 22.0 Å². The maximum atomic E-state index is 12.2. The van der Waals surface area contributed by atoms with E-state index in [0.29, 0.717) is 0 Å². The predicted octanol–water partition coefficient (Wildman–Crippen LogP) is 2.28. The molecule has 0 radical (unpaired) electrons. The normalized spacial score (nSPS) is 11.5. The molecule has 2 rings (SSSR count). The number of aryl methyl sites for hydroxylation is 1. The molecular formula is C12H11ClN2O4S2. The van der Waals surface area contributed by atoms with Gasteiger partial charge in [-0.1, -0.05) is 11.6 Å². The third-order valence-electron chi connectivity index (χ3n) is 2.75. The molecule has 0 amide bonds. The quantitative estimate of drug-likeness (QED) is 0.865. The standard InChI is InChI=1S/C12H11ClN2O4S2/c1-7-11(20-6-14-7)5-15-21(18,19)8-2-3-10(13)9(4-8)12(16)17/h2-4,6,15H,5H2,1H3,(H,16,17). The minimum Gasteiger partial charge on any atom is -0.478 e. The summed E-state index contributed by atoms with van der Waals surface area (Å²) in [7, 11) is -3.82. The lowest BCUT2D eigenvalue weighted by atomic mass is 10.2. The first kappa shape index (κ1) is 15.9. The van der Waals surface area contributed by atoms with Crippen LogP contribution in [0.25, 0.3) is 0 Å². The van der Waals surface area contributed by atoms with Gasteiger partial charge < -0.3 is 5.11 Å². The Morgan fingerprint density at radius 1 is 1.48 bits per heavy atom. The number of hydrogen-bond donors (Lipinski definition) is 2. The molecule has 0 bridgehead atoms. The van der Waals surface area contributed by atoms with E-state index in [0.717, 1.165) is 16.6 Å². The van der Waals surface area contributed by atoms with Crippen molar-refractivity contribution < 1.29 is 18.3 Å². The molecule has 112 valence electrons. The fourth-order valence-corrected chi connectivity index (χ4v) is 3.60. The van der Waals surface area contributed by atoms with Crippen molar-refractivity contribution in [3.8, 4) is 0 Å². The van der Waals surface area contributed by atoms with Gasteiger partial charge in [-0.25, -0.2) is 22.9 Å². The number of nitrogens with one attached hydrogen (secondary N) is 1. The maximum Gasteiger partial charge on any atom is 0.337 e. The van der Waals surface area contributed by atoms with Crippen LogP contribution in [-0.2, 0) is 16.6 Å². The Labute approximate surface area is 130 Å². The van der Waals surface area contributed by atoms with Crippen LogP contribution in [0.15, 0.2) is 28.6 Å². The largest absolute Gasteiger partial charge is 0.478 e. The number of nitrogens with zero attached hydrogens (tertiary/aromatic N) is 1. The fourth-order valence-electron chi connectivity index (χ4n) is 1.58. The van der Waals surface area contributed by atoms with Gasteiger partial charge in [0.25, 0.3) is 0 Å². The minimum atomic E-state index is -3.82. The van der Waals surface area contributed by atoms with Crippen LogP contribution >= 0.6 is 22.9 Å². The molecule has 0 aliphatic rings. The molecule has 1 aromatic heterocycles. The number of carbonyl (C=O) groups is 1. The number of rotatable bonds is 5. The average Bonchev–Trinajstić information content (AvgIpc) is 2.82. The molecule has 9 heteroatoms. The molecule has 21 heavy (non-hydrogen) atoms. The predicted molar refractivity (Wildman–Crippen MR) is 79.3 cm³/mol. The van der Waals surface area contributed by atoms with Crippen LogP contribution in [-0.4, -0.2) is 24.5 Å². The van der Waals surface area contributed by atoms with Crippen molar-refractivity contribution in [2.75, 3.05) is 0 Å². The highest BCUT2D eigenvalue weighted by Gasteiger charge is 2.18. The summed E-state index contributed by atoms with van der Waals surface area (Å²) in [6.45, 7) is 1.88. The number of thiazole rings is 1. The molecule has 0 saturated carbocycles. The van der Waals surface area contributed by atoms with Crippen molar-refractivity contribution in [2.24, 2.45) is 0 Å². The third-order valence-corrected chi connectivity index (χ3v) is 5.41. The zero-order valence-corrected chi connectivity index (χ0v) is 13.2. The summed E-state index contributed by atoms with van der Waals surface area (Å²) in [4.78, 5) is 15.7. The van der Waals surface area contributed by atoms with Crippen molar-refractivity contribution in [1.29, 1.82) is 0 Å². The van der Waals surface area contributed by atoms with Gasteiger partial charge in [-0.05, 0) is 25.1 Å². The number of carboxylic acids is 1. The molecular weight excluding hydrogens is 336 g/mol. The second-order valence-electron chi connectivity index (χ2n) is 4.13. The van der Waals surface area contributed by atoms with Crippen molar-refractivity contribution in [2.45, 2.75) is 18.4 Å². The summed E-state index contributed by atoms with van der Waals surface area (Å²) in [6, 6.07) is 3.54. The molecule has 2 N–H and O–H groups in total. The molecule has 6 nitrogen and oxygen atoms in total. The monoisotopic (exact) mass is 346 g/mol. The van der Waals surface area contributed by atoms with Gasteiger partial charge in [0.15, 0.2) is 0 Å². The first-order valence-electron chi connectivity index (χ1n) is 5.73. The molecule has 0 spiro atoms. The van der Waals surface area contributed by atoms with Gasteiger partial charge in [-0.2, -0.15) is 0 Å². The molecule has 1 heterocycles.